The van der Waals surface area contributed by atoms with Crippen molar-refractivity contribution in [2.75, 3.05) is 30.8 Å². The molecule has 0 amide bonds. The fourth-order valence-corrected chi connectivity index (χ4v) is 2.26. The van der Waals surface area contributed by atoms with Crippen molar-refractivity contribution in [1.82, 2.24) is 0 Å². The molecular formula is C15H16N2O. The Hall–Kier alpha value is -2.16. The summed E-state index contributed by atoms with van der Waals surface area (Å²) in [6, 6.07) is 14.2. The van der Waals surface area contributed by atoms with Crippen LogP contribution in [0, 0.1) is 0 Å². The summed E-state index contributed by atoms with van der Waals surface area (Å²) in [7, 11) is 2.08. The lowest BCUT2D eigenvalue weighted by Gasteiger charge is -2.28. The van der Waals surface area contributed by atoms with Crippen LogP contribution in [0.2, 0.25) is 0 Å². The monoisotopic (exact) mass is 240 g/mol. The van der Waals surface area contributed by atoms with Gasteiger partial charge in [0, 0.05) is 12.7 Å². The maximum Gasteiger partial charge on any atom is 0.143 e. The first-order chi connectivity index (χ1) is 8.74. The van der Waals surface area contributed by atoms with Gasteiger partial charge in [0.15, 0.2) is 0 Å². The number of anilines is 2. The van der Waals surface area contributed by atoms with Crippen molar-refractivity contribution < 1.29 is 4.74 Å². The number of ether oxygens (including phenoxy) is 1. The summed E-state index contributed by atoms with van der Waals surface area (Å²) in [5.41, 5.74) is 10.00. The van der Waals surface area contributed by atoms with Gasteiger partial charge in [-0.05, 0) is 35.4 Å². The maximum atomic E-state index is 5.82. The molecule has 0 aliphatic carbocycles. The predicted molar refractivity (Wildman–Crippen MR) is 75.1 cm³/mol. The summed E-state index contributed by atoms with van der Waals surface area (Å²) < 4.78 is 5.71. The molecule has 0 fully saturated rings. The number of rotatable bonds is 1. The molecule has 0 saturated heterocycles. The van der Waals surface area contributed by atoms with E-state index in [9.17, 15) is 0 Å². The molecule has 0 atom stereocenters. The molecule has 2 aromatic carbocycles. The second-order valence-electron chi connectivity index (χ2n) is 4.58. The van der Waals surface area contributed by atoms with Crippen LogP contribution in [0.25, 0.3) is 11.1 Å². The smallest absolute Gasteiger partial charge is 0.143 e. The fraction of sp³-hybridized carbons (Fsp3) is 0.200. The minimum atomic E-state index is 0.740. The summed E-state index contributed by atoms with van der Waals surface area (Å²) in [5.74, 6) is 0.948. The molecule has 0 radical (unpaired) electrons. The molecule has 3 nitrogen and oxygen atoms in total. The molecule has 1 aliphatic rings. The number of likely N-dealkylation sites (N-methyl/N-ethyl adjacent to an activating group) is 1. The van der Waals surface area contributed by atoms with Crippen molar-refractivity contribution in [3.63, 3.8) is 0 Å². The third kappa shape index (κ3) is 1.88. The Labute approximate surface area is 107 Å². The van der Waals surface area contributed by atoms with Crippen LogP contribution in [0.5, 0.6) is 5.75 Å². The average molecular weight is 240 g/mol. The SMILES string of the molecule is CN1CCOc2cc(-c3cccc(N)c3)ccc21. The average Bonchev–Trinajstić information content (AvgIpc) is 2.39. The first-order valence-electron chi connectivity index (χ1n) is 6.08. The lowest BCUT2D eigenvalue weighted by molar-refractivity contribution is 0.311. The molecule has 1 heterocycles. The van der Waals surface area contributed by atoms with E-state index < -0.39 is 0 Å². The van der Waals surface area contributed by atoms with Crippen LogP contribution in [0.15, 0.2) is 42.5 Å². The molecule has 2 N–H and O–H groups in total. The molecule has 0 spiro atoms. The van der Waals surface area contributed by atoms with E-state index in [1.165, 1.54) is 0 Å². The summed E-state index contributed by atoms with van der Waals surface area (Å²) >= 11 is 0. The highest BCUT2D eigenvalue weighted by atomic mass is 16.5. The van der Waals surface area contributed by atoms with Crippen molar-refractivity contribution >= 4 is 11.4 Å². The number of nitrogens with zero attached hydrogens (tertiary/aromatic N) is 1. The van der Waals surface area contributed by atoms with E-state index in [2.05, 4.69) is 36.2 Å². The molecule has 0 unspecified atom stereocenters. The van der Waals surface area contributed by atoms with E-state index in [1.54, 1.807) is 0 Å². The predicted octanol–water partition coefficient (Wildman–Crippen LogP) is 2.76. The van der Waals surface area contributed by atoms with Crippen molar-refractivity contribution in [2.24, 2.45) is 0 Å². The fourth-order valence-electron chi connectivity index (χ4n) is 2.26. The molecule has 92 valence electrons. The normalized spacial score (nSPS) is 13.9. The number of nitrogen functional groups attached to an aromatic ring is 1. The van der Waals surface area contributed by atoms with Crippen molar-refractivity contribution in [3.05, 3.63) is 42.5 Å². The zero-order valence-electron chi connectivity index (χ0n) is 10.4. The Kier molecular flexibility index (Phi) is 2.59. The van der Waals surface area contributed by atoms with E-state index in [-0.39, 0.29) is 0 Å². The van der Waals surface area contributed by atoms with Crippen LogP contribution in [-0.4, -0.2) is 20.2 Å². The molecule has 18 heavy (non-hydrogen) atoms. The summed E-state index contributed by atoms with van der Waals surface area (Å²) in [5, 5.41) is 0. The van der Waals surface area contributed by atoms with Gasteiger partial charge in [-0.2, -0.15) is 0 Å². The Balaban J connectivity index is 2.04. The zero-order chi connectivity index (χ0) is 12.5. The molecule has 0 bridgehead atoms. The molecule has 1 aliphatic heterocycles. The quantitative estimate of drug-likeness (QED) is 0.779. The van der Waals surface area contributed by atoms with Crippen LogP contribution in [0.1, 0.15) is 0 Å². The highest BCUT2D eigenvalue weighted by molar-refractivity contribution is 5.73. The van der Waals surface area contributed by atoms with Gasteiger partial charge in [-0.25, -0.2) is 0 Å². The van der Waals surface area contributed by atoms with Crippen molar-refractivity contribution in [3.8, 4) is 16.9 Å². The summed E-state index contributed by atoms with van der Waals surface area (Å²) in [6.45, 7) is 1.68. The number of fused-ring (bicyclic) bond motifs is 1. The maximum absolute atomic E-state index is 5.82. The minimum Gasteiger partial charge on any atom is -0.490 e. The molecule has 0 saturated carbocycles. The Morgan fingerprint density at radius 1 is 1.11 bits per heavy atom. The molecular weight excluding hydrogens is 224 g/mol. The van der Waals surface area contributed by atoms with Crippen LogP contribution < -0.4 is 15.4 Å². The van der Waals surface area contributed by atoms with Gasteiger partial charge in [0.2, 0.25) is 0 Å². The Bertz CT molecular complexity index is 580. The molecule has 3 heteroatoms. The van der Waals surface area contributed by atoms with Crippen molar-refractivity contribution in [2.45, 2.75) is 0 Å². The first kappa shape index (κ1) is 11.0. The van der Waals surface area contributed by atoms with Gasteiger partial charge in [-0.3, -0.25) is 0 Å². The zero-order valence-corrected chi connectivity index (χ0v) is 10.4. The summed E-state index contributed by atoms with van der Waals surface area (Å²) in [4.78, 5) is 2.21. The van der Waals surface area contributed by atoms with E-state index in [4.69, 9.17) is 10.5 Å². The van der Waals surface area contributed by atoms with Gasteiger partial charge >= 0.3 is 0 Å². The van der Waals surface area contributed by atoms with E-state index in [0.717, 1.165) is 41.4 Å². The number of nitrogens with two attached hydrogens (primary N) is 1. The number of hydrogen-bond donors (Lipinski definition) is 1. The highest BCUT2D eigenvalue weighted by Gasteiger charge is 2.15. The summed E-state index contributed by atoms with van der Waals surface area (Å²) in [6.07, 6.45) is 0. The first-order valence-corrected chi connectivity index (χ1v) is 6.08. The van der Waals surface area contributed by atoms with Crippen LogP contribution in [-0.2, 0) is 0 Å². The van der Waals surface area contributed by atoms with Crippen molar-refractivity contribution in [1.29, 1.82) is 0 Å². The van der Waals surface area contributed by atoms with E-state index in [1.807, 2.05) is 18.2 Å². The van der Waals surface area contributed by atoms with E-state index in [0.29, 0.717) is 0 Å². The Morgan fingerprint density at radius 2 is 1.94 bits per heavy atom. The second kappa shape index (κ2) is 4.26. The van der Waals surface area contributed by atoms with Gasteiger partial charge < -0.3 is 15.4 Å². The minimum absolute atomic E-state index is 0.740. The molecule has 2 aromatic rings. The second-order valence-corrected chi connectivity index (χ2v) is 4.58. The third-order valence-corrected chi connectivity index (χ3v) is 3.28. The standard InChI is InChI=1S/C15H16N2O/c1-17-7-8-18-15-10-12(5-6-14(15)17)11-3-2-4-13(16)9-11/h2-6,9-10H,7-8,16H2,1H3. The third-order valence-electron chi connectivity index (χ3n) is 3.28. The number of benzene rings is 2. The number of hydrogen-bond acceptors (Lipinski definition) is 3. The largest absolute Gasteiger partial charge is 0.490 e. The molecule has 0 aromatic heterocycles. The van der Waals surface area contributed by atoms with E-state index >= 15 is 0 Å². The van der Waals surface area contributed by atoms with Gasteiger partial charge in [0.05, 0.1) is 12.2 Å². The van der Waals surface area contributed by atoms with Gasteiger partial charge in [-0.1, -0.05) is 18.2 Å². The van der Waals surface area contributed by atoms with Gasteiger partial charge in [-0.15, -0.1) is 0 Å². The lowest BCUT2D eigenvalue weighted by Crippen LogP contribution is -2.28. The van der Waals surface area contributed by atoms with Crippen LogP contribution in [0.3, 0.4) is 0 Å². The van der Waals surface area contributed by atoms with Gasteiger partial charge in [0.1, 0.15) is 12.4 Å². The highest BCUT2D eigenvalue weighted by Crippen LogP contribution is 2.35. The van der Waals surface area contributed by atoms with Crippen LogP contribution >= 0.6 is 0 Å². The lowest BCUT2D eigenvalue weighted by atomic mass is 10.0. The van der Waals surface area contributed by atoms with Gasteiger partial charge in [0.25, 0.3) is 0 Å². The Morgan fingerprint density at radius 3 is 2.78 bits per heavy atom. The van der Waals surface area contributed by atoms with Crippen LogP contribution in [0.4, 0.5) is 11.4 Å². The topological polar surface area (TPSA) is 38.5 Å². The molecule has 3 rings (SSSR count).